The van der Waals surface area contributed by atoms with Gasteiger partial charge in [0.05, 0.1) is 10.9 Å². The van der Waals surface area contributed by atoms with Crippen molar-refractivity contribution in [2.45, 2.75) is 13.1 Å². The predicted molar refractivity (Wildman–Crippen MR) is 79.3 cm³/mol. The third kappa shape index (κ3) is 2.67. The number of rotatable bonds is 1. The molecule has 0 spiro atoms. The first-order valence-electron chi connectivity index (χ1n) is 6.71. The topological polar surface area (TPSA) is 50.4 Å². The summed E-state index contributed by atoms with van der Waals surface area (Å²) in [6, 6.07) is 9.04. The molecule has 3 nitrogen and oxygen atoms in total. The Hall–Kier alpha value is -2.76. The molecule has 2 aromatic carbocycles. The van der Waals surface area contributed by atoms with E-state index in [9.17, 15) is 23.1 Å². The number of halogens is 3. The van der Waals surface area contributed by atoms with E-state index in [0.717, 1.165) is 6.07 Å². The van der Waals surface area contributed by atoms with Gasteiger partial charge in [-0.05, 0) is 42.1 Å². The summed E-state index contributed by atoms with van der Waals surface area (Å²) in [4.78, 5) is 12.0. The van der Waals surface area contributed by atoms with Crippen LogP contribution in [-0.2, 0) is 6.18 Å². The van der Waals surface area contributed by atoms with Crippen LogP contribution >= 0.6 is 0 Å². The largest absolute Gasteiger partial charge is 0.508 e. The van der Waals surface area contributed by atoms with E-state index in [1.807, 2.05) is 0 Å². The second kappa shape index (κ2) is 5.15. The van der Waals surface area contributed by atoms with Crippen molar-refractivity contribution in [1.29, 1.82) is 0 Å². The van der Waals surface area contributed by atoms with Gasteiger partial charge in [0.15, 0.2) is 0 Å². The molecule has 0 fully saturated rings. The fraction of sp³-hybridized carbons (Fsp3) is 0.118. The Bertz CT molecular complexity index is 955. The minimum Gasteiger partial charge on any atom is -0.508 e. The molecule has 1 N–H and O–H groups in total. The normalized spacial score (nSPS) is 11.8. The van der Waals surface area contributed by atoms with E-state index in [1.165, 1.54) is 36.4 Å². The van der Waals surface area contributed by atoms with Gasteiger partial charge in [-0.3, -0.25) is 0 Å². The summed E-state index contributed by atoms with van der Waals surface area (Å²) in [5.41, 5.74) is -1.37. The average Bonchev–Trinajstić information content (AvgIpc) is 2.48. The fourth-order valence-corrected chi connectivity index (χ4v) is 2.42. The van der Waals surface area contributed by atoms with Crippen LogP contribution in [0.5, 0.6) is 5.75 Å². The lowest BCUT2D eigenvalue weighted by molar-refractivity contribution is -0.137. The molecule has 0 unspecified atom stereocenters. The lowest BCUT2D eigenvalue weighted by atomic mass is 10.0. The first kappa shape index (κ1) is 15.1. The van der Waals surface area contributed by atoms with Crippen LogP contribution in [0, 0.1) is 6.92 Å². The Kier molecular flexibility index (Phi) is 3.39. The second-order valence-electron chi connectivity index (χ2n) is 5.17. The van der Waals surface area contributed by atoms with Crippen LogP contribution in [0.25, 0.3) is 22.1 Å². The van der Waals surface area contributed by atoms with E-state index in [1.54, 1.807) is 6.92 Å². The highest BCUT2D eigenvalue weighted by atomic mass is 19.4. The molecule has 0 saturated heterocycles. The number of phenolic OH excluding ortho intramolecular Hbond substituents is 1. The summed E-state index contributed by atoms with van der Waals surface area (Å²) in [6.45, 7) is 1.63. The molecule has 3 aromatic rings. The van der Waals surface area contributed by atoms with E-state index in [-0.39, 0.29) is 22.5 Å². The number of benzene rings is 2. The van der Waals surface area contributed by atoms with Crippen molar-refractivity contribution in [1.82, 2.24) is 0 Å². The molecule has 0 aliphatic carbocycles. The Labute approximate surface area is 128 Å². The number of fused-ring (bicyclic) bond motifs is 1. The smallest absolute Gasteiger partial charge is 0.417 e. The first-order valence-corrected chi connectivity index (χ1v) is 6.71. The molecule has 0 aliphatic heterocycles. The van der Waals surface area contributed by atoms with Crippen molar-refractivity contribution in [2.24, 2.45) is 0 Å². The quantitative estimate of drug-likeness (QED) is 0.718. The number of phenols is 1. The van der Waals surface area contributed by atoms with Crippen molar-refractivity contribution in [2.75, 3.05) is 0 Å². The van der Waals surface area contributed by atoms with Crippen LogP contribution in [0.15, 0.2) is 51.7 Å². The maximum absolute atomic E-state index is 13.1. The minimum atomic E-state index is -4.56. The van der Waals surface area contributed by atoms with E-state index >= 15 is 0 Å². The molecular formula is C17H11F3O3. The molecule has 118 valence electrons. The SMILES string of the molecule is Cc1cc2cc(-c3ccccc3C(F)(F)F)oc(=O)c2cc1O. The van der Waals surface area contributed by atoms with Gasteiger partial charge < -0.3 is 9.52 Å². The summed E-state index contributed by atoms with van der Waals surface area (Å²) in [6.07, 6.45) is -4.56. The minimum absolute atomic E-state index is 0.0757. The maximum Gasteiger partial charge on any atom is 0.417 e. The molecule has 0 atom stereocenters. The van der Waals surface area contributed by atoms with E-state index in [0.29, 0.717) is 10.9 Å². The summed E-state index contributed by atoms with van der Waals surface area (Å²) >= 11 is 0. The monoisotopic (exact) mass is 320 g/mol. The molecule has 0 saturated carbocycles. The third-order valence-electron chi connectivity index (χ3n) is 3.58. The maximum atomic E-state index is 13.1. The van der Waals surface area contributed by atoms with E-state index < -0.39 is 17.4 Å². The lowest BCUT2D eigenvalue weighted by Crippen LogP contribution is -2.08. The van der Waals surface area contributed by atoms with Gasteiger partial charge in [-0.15, -0.1) is 0 Å². The molecule has 1 aromatic heterocycles. The van der Waals surface area contributed by atoms with E-state index in [2.05, 4.69) is 0 Å². The molecule has 0 aliphatic rings. The fourth-order valence-electron chi connectivity index (χ4n) is 2.42. The van der Waals surface area contributed by atoms with Gasteiger partial charge >= 0.3 is 11.8 Å². The zero-order chi connectivity index (χ0) is 16.8. The average molecular weight is 320 g/mol. The molecule has 23 heavy (non-hydrogen) atoms. The summed E-state index contributed by atoms with van der Waals surface area (Å²) < 4.78 is 44.4. The highest BCUT2D eigenvalue weighted by molar-refractivity contribution is 5.86. The van der Waals surface area contributed by atoms with Gasteiger partial charge in [0, 0.05) is 5.56 Å². The summed E-state index contributed by atoms with van der Waals surface area (Å²) in [5, 5.41) is 10.2. The molecule has 6 heteroatoms. The Morgan fingerprint density at radius 3 is 2.48 bits per heavy atom. The molecule has 3 rings (SSSR count). The zero-order valence-corrected chi connectivity index (χ0v) is 11.9. The van der Waals surface area contributed by atoms with Gasteiger partial charge in [-0.25, -0.2) is 4.79 Å². The summed E-state index contributed by atoms with van der Waals surface area (Å²) in [5.74, 6) is -0.242. The molecule has 0 bridgehead atoms. The van der Waals surface area contributed by atoms with Crippen LogP contribution in [0.2, 0.25) is 0 Å². The molecular weight excluding hydrogens is 309 g/mol. The number of alkyl halides is 3. The van der Waals surface area contributed by atoms with Crippen molar-refractivity contribution in [3.63, 3.8) is 0 Å². The Morgan fingerprint density at radius 2 is 1.78 bits per heavy atom. The number of aryl methyl sites for hydroxylation is 1. The van der Waals surface area contributed by atoms with Crippen LogP contribution < -0.4 is 5.63 Å². The standard InChI is InChI=1S/C17H11F3O3/c1-9-6-10-7-15(23-16(22)12(10)8-14(9)21)11-4-2-3-5-13(11)17(18,19)20/h2-8,21H,1H3. The third-order valence-corrected chi connectivity index (χ3v) is 3.58. The van der Waals surface area contributed by atoms with Crippen molar-refractivity contribution in [3.8, 4) is 17.1 Å². The number of hydrogen-bond acceptors (Lipinski definition) is 3. The van der Waals surface area contributed by atoms with Crippen molar-refractivity contribution < 1.29 is 22.7 Å². The van der Waals surface area contributed by atoms with Crippen LogP contribution in [0.1, 0.15) is 11.1 Å². The molecule has 1 heterocycles. The molecule has 0 radical (unpaired) electrons. The van der Waals surface area contributed by atoms with Crippen LogP contribution in [-0.4, -0.2) is 5.11 Å². The van der Waals surface area contributed by atoms with Gasteiger partial charge in [-0.2, -0.15) is 13.2 Å². The number of aromatic hydroxyl groups is 1. The van der Waals surface area contributed by atoms with Crippen molar-refractivity contribution >= 4 is 10.8 Å². The van der Waals surface area contributed by atoms with Gasteiger partial charge in [0.25, 0.3) is 0 Å². The van der Waals surface area contributed by atoms with E-state index in [4.69, 9.17) is 4.42 Å². The zero-order valence-electron chi connectivity index (χ0n) is 11.9. The van der Waals surface area contributed by atoms with Gasteiger partial charge in [0.1, 0.15) is 11.5 Å². The highest BCUT2D eigenvalue weighted by Gasteiger charge is 2.34. The molecule has 0 amide bonds. The van der Waals surface area contributed by atoms with Gasteiger partial charge in [-0.1, -0.05) is 18.2 Å². The Balaban J connectivity index is 2.31. The van der Waals surface area contributed by atoms with Gasteiger partial charge in [0.2, 0.25) is 0 Å². The van der Waals surface area contributed by atoms with Crippen LogP contribution in [0.4, 0.5) is 13.2 Å². The second-order valence-corrected chi connectivity index (χ2v) is 5.17. The number of hydrogen-bond donors (Lipinski definition) is 1. The highest BCUT2D eigenvalue weighted by Crippen LogP contribution is 2.37. The first-order chi connectivity index (χ1) is 10.8. The van der Waals surface area contributed by atoms with Crippen molar-refractivity contribution in [3.05, 3.63) is 64.0 Å². The predicted octanol–water partition coefficient (Wildman–Crippen LogP) is 4.49. The van der Waals surface area contributed by atoms with Crippen LogP contribution in [0.3, 0.4) is 0 Å². The lowest BCUT2D eigenvalue weighted by Gasteiger charge is -2.12. The summed E-state index contributed by atoms with van der Waals surface area (Å²) in [7, 11) is 0. The Morgan fingerprint density at radius 1 is 1.09 bits per heavy atom.